The molecule has 0 spiro atoms. The average molecular weight is 402 g/mol. The maximum atomic E-state index is 11.9. The van der Waals surface area contributed by atoms with Crippen LogP contribution in [0, 0.1) is 0 Å². The topological polar surface area (TPSA) is 50.7 Å². The number of benzene rings is 2. The van der Waals surface area contributed by atoms with Gasteiger partial charge in [0.1, 0.15) is 5.75 Å². The van der Waals surface area contributed by atoms with Crippen molar-refractivity contribution in [2.75, 3.05) is 7.11 Å². The second-order valence-electron chi connectivity index (χ2n) is 4.22. The molecule has 2 aromatic carbocycles. The van der Waals surface area contributed by atoms with Gasteiger partial charge in [-0.3, -0.25) is 4.79 Å². The Balaban J connectivity index is 2.14. The highest BCUT2D eigenvalue weighted by Gasteiger charge is 2.08. The normalized spacial score (nSPS) is 10.7. The van der Waals surface area contributed by atoms with Crippen LogP contribution < -0.4 is 10.2 Å². The van der Waals surface area contributed by atoms with Crippen LogP contribution in [-0.2, 0) is 0 Å². The molecule has 0 aliphatic heterocycles. The molecular formula is C15H11BrCl2N2O2. The zero-order chi connectivity index (χ0) is 16.1. The van der Waals surface area contributed by atoms with E-state index in [2.05, 4.69) is 26.5 Å². The van der Waals surface area contributed by atoms with Crippen molar-refractivity contribution in [1.82, 2.24) is 5.43 Å². The van der Waals surface area contributed by atoms with Gasteiger partial charge in [0, 0.05) is 20.6 Å². The molecule has 0 bridgehead atoms. The Bertz CT molecular complexity index is 735. The molecule has 0 radical (unpaired) electrons. The number of halogens is 3. The van der Waals surface area contributed by atoms with Crippen molar-refractivity contribution >= 4 is 51.3 Å². The van der Waals surface area contributed by atoms with E-state index in [1.165, 1.54) is 13.3 Å². The standard InChI is InChI=1S/C15H11BrCl2N2O2/c1-22-14-10(6-12(17)7-13(14)18)8-19-20-15(21)9-3-2-4-11(16)5-9/h2-8H,1H3,(H,20,21). The fraction of sp³-hybridized carbons (Fsp3) is 0.0667. The number of rotatable bonds is 4. The fourth-order valence-electron chi connectivity index (χ4n) is 1.75. The number of ether oxygens (including phenoxy) is 1. The van der Waals surface area contributed by atoms with Gasteiger partial charge in [-0.15, -0.1) is 0 Å². The van der Waals surface area contributed by atoms with Crippen LogP contribution in [0.1, 0.15) is 15.9 Å². The van der Waals surface area contributed by atoms with E-state index in [0.717, 1.165) is 4.47 Å². The van der Waals surface area contributed by atoms with Crippen LogP contribution >= 0.6 is 39.1 Å². The number of carbonyl (C=O) groups excluding carboxylic acids is 1. The molecule has 22 heavy (non-hydrogen) atoms. The van der Waals surface area contributed by atoms with Gasteiger partial charge in [0.25, 0.3) is 5.91 Å². The van der Waals surface area contributed by atoms with E-state index in [1.54, 1.807) is 30.3 Å². The average Bonchev–Trinajstić information content (AvgIpc) is 2.46. The summed E-state index contributed by atoms with van der Waals surface area (Å²) in [7, 11) is 1.49. The molecule has 1 amide bonds. The van der Waals surface area contributed by atoms with Crippen LogP contribution in [0.5, 0.6) is 5.75 Å². The molecule has 0 unspecified atom stereocenters. The van der Waals surface area contributed by atoms with E-state index in [0.29, 0.717) is 26.9 Å². The molecule has 0 aliphatic rings. The molecule has 0 atom stereocenters. The Morgan fingerprint density at radius 1 is 1.32 bits per heavy atom. The van der Waals surface area contributed by atoms with Crippen molar-refractivity contribution in [2.24, 2.45) is 5.10 Å². The van der Waals surface area contributed by atoms with E-state index < -0.39 is 0 Å². The summed E-state index contributed by atoms with van der Waals surface area (Å²) in [4.78, 5) is 11.9. The molecular weight excluding hydrogens is 391 g/mol. The van der Waals surface area contributed by atoms with Crippen molar-refractivity contribution < 1.29 is 9.53 Å². The summed E-state index contributed by atoms with van der Waals surface area (Å²) < 4.78 is 6.00. The predicted octanol–water partition coefficient (Wildman–Crippen LogP) is 4.53. The lowest BCUT2D eigenvalue weighted by molar-refractivity contribution is 0.0955. The van der Waals surface area contributed by atoms with E-state index in [1.807, 2.05) is 6.07 Å². The van der Waals surface area contributed by atoms with Crippen LogP contribution in [0.4, 0.5) is 0 Å². The fourth-order valence-corrected chi connectivity index (χ4v) is 2.73. The van der Waals surface area contributed by atoms with E-state index >= 15 is 0 Å². The first-order valence-electron chi connectivity index (χ1n) is 6.13. The molecule has 0 saturated carbocycles. The molecule has 1 N–H and O–H groups in total. The van der Waals surface area contributed by atoms with Gasteiger partial charge in [-0.05, 0) is 30.3 Å². The lowest BCUT2D eigenvalue weighted by Gasteiger charge is -2.07. The summed E-state index contributed by atoms with van der Waals surface area (Å²) in [5.74, 6) is 0.108. The van der Waals surface area contributed by atoms with Gasteiger partial charge in [-0.1, -0.05) is 45.2 Å². The molecule has 0 aromatic heterocycles. The van der Waals surface area contributed by atoms with Gasteiger partial charge in [0.15, 0.2) is 0 Å². The van der Waals surface area contributed by atoms with Crippen molar-refractivity contribution in [1.29, 1.82) is 0 Å². The quantitative estimate of drug-likeness (QED) is 0.604. The van der Waals surface area contributed by atoms with Crippen LogP contribution in [0.2, 0.25) is 10.0 Å². The molecule has 2 aromatic rings. The first-order valence-corrected chi connectivity index (χ1v) is 7.68. The largest absolute Gasteiger partial charge is 0.495 e. The third-order valence-corrected chi connectivity index (χ3v) is 3.69. The number of methoxy groups -OCH3 is 1. The van der Waals surface area contributed by atoms with Crippen molar-refractivity contribution in [3.63, 3.8) is 0 Å². The summed E-state index contributed by atoms with van der Waals surface area (Å²) in [5, 5.41) is 4.72. The SMILES string of the molecule is COc1c(Cl)cc(Cl)cc1C=NNC(=O)c1cccc(Br)c1. The minimum atomic E-state index is -0.329. The van der Waals surface area contributed by atoms with Gasteiger partial charge in [-0.25, -0.2) is 5.43 Å². The molecule has 2 rings (SSSR count). The zero-order valence-corrected chi connectivity index (χ0v) is 14.5. The molecule has 0 aliphatic carbocycles. The molecule has 0 saturated heterocycles. The van der Waals surface area contributed by atoms with Crippen LogP contribution in [0.3, 0.4) is 0 Å². The van der Waals surface area contributed by atoms with Crippen molar-refractivity contribution in [2.45, 2.75) is 0 Å². The Morgan fingerprint density at radius 3 is 2.77 bits per heavy atom. The molecule has 4 nitrogen and oxygen atoms in total. The third-order valence-electron chi connectivity index (χ3n) is 2.70. The lowest BCUT2D eigenvalue weighted by atomic mass is 10.2. The smallest absolute Gasteiger partial charge is 0.271 e. The molecule has 0 heterocycles. The maximum absolute atomic E-state index is 11.9. The van der Waals surface area contributed by atoms with Gasteiger partial charge < -0.3 is 4.74 Å². The van der Waals surface area contributed by atoms with Gasteiger partial charge in [-0.2, -0.15) is 5.10 Å². The summed E-state index contributed by atoms with van der Waals surface area (Å²) >= 11 is 15.3. The summed E-state index contributed by atoms with van der Waals surface area (Å²) in [5.41, 5.74) is 3.49. The van der Waals surface area contributed by atoms with E-state index in [-0.39, 0.29) is 5.91 Å². The third kappa shape index (κ3) is 4.22. The maximum Gasteiger partial charge on any atom is 0.271 e. The van der Waals surface area contributed by atoms with Crippen LogP contribution in [-0.4, -0.2) is 19.2 Å². The minimum absolute atomic E-state index is 0.329. The Labute approximate surface area is 146 Å². The first-order chi connectivity index (χ1) is 10.5. The number of nitrogens with one attached hydrogen (secondary N) is 1. The Morgan fingerprint density at radius 2 is 2.09 bits per heavy atom. The number of amides is 1. The molecule has 114 valence electrons. The van der Waals surface area contributed by atoms with E-state index in [4.69, 9.17) is 27.9 Å². The number of hydrogen-bond donors (Lipinski definition) is 1. The number of carbonyl (C=O) groups is 1. The Kier molecular flexibility index (Phi) is 5.83. The lowest BCUT2D eigenvalue weighted by Crippen LogP contribution is -2.17. The zero-order valence-electron chi connectivity index (χ0n) is 11.4. The highest BCUT2D eigenvalue weighted by Crippen LogP contribution is 2.31. The summed E-state index contributed by atoms with van der Waals surface area (Å²) in [6.45, 7) is 0. The summed E-state index contributed by atoms with van der Waals surface area (Å²) in [6.07, 6.45) is 1.42. The minimum Gasteiger partial charge on any atom is -0.495 e. The van der Waals surface area contributed by atoms with Crippen LogP contribution in [0.25, 0.3) is 0 Å². The first kappa shape index (κ1) is 16.8. The van der Waals surface area contributed by atoms with E-state index in [9.17, 15) is 4.79 Å². The van der Waals surface area contributed by atoms with Crippen molar-refractivity contribution in [3.8, 4) is 5.75 Å². The van der Waals surface area contributed by atoms with Crippen molar-refractivity contribution in [3.05, 3.63) is 62.0 Å². The number of nitrogens with zero attached hydrogens (tertiary/aromatic N) is 1. The second-order valence-corrected chi connectivity index (χ2v) is 5.98. The van der Waals surface area contributed by atoms with Gasteiger partial charge in [0.05, 0.1) is 18.3 Å². The second kappa shape index (κ2) is 7.63. The highest BCUT2D eigenvalue weighted by atomic mass is 79.9. The molecule has 0 fully saturated rings. The number of hydrogen-bond acceptors (Lipinski definition) is 3. The molecule has 7 heteroatoms. The van der Waals surface area contributed by atoms with Gasteiger partial charge >= 0.3 is 0 Å². The van der Waals surface area contributed by atoms with Gasteiger partial charge in [0.2, 0.25) is 0 Å². The van der Waals surface area contributed by atoms with Crippen LogP contribution in [0.15, 0.2) is 46.0 Å². The highest BCUT2D eigenvalue weighted by molar-refractivity contribution is 9.10. The summed E-state index contributed by atoms with van der Waals surface area (Å²) in [6, 6.07) is 10.2. The Hall–Kier alpha value is -1.56. The number of hydrazone groups is 1. The predicted molar refractivity (Wildman–Crippen MR) is 92.2 cm³/mol. The monoisotopic (exact) mass is 400 g/mol.